The monoisotopic (exact) mass is 657 g/mol. The number of carbonyl (C=O) groups excluding carboxylic acids is 1. The van der Waals surface area contributed by atoms with Gasteiger partial charge in [-0.15, -0.1) is 10.2 Å². The molecule has 0 aliphatic rings. The molecule has 4 aromatic carbocycles. The molecule has 4 aromatic rings. The minimum atomic E-state index is -5.18. The van der Waals surface area contributed by atoms with Gasteiger partial charge in [-0.1, -0.05) is 0 Å². The van der Waals surface area contributed by atoms with E-state index in [0.29, 0.717) is 24.3 Å². The summed E-state index contributed by atoms with van der Waals surface area (Å²) in [4.78, 5) is 8.52. The fraction of sp³-hybridized carbons (Fsp3) is 0. The highest BCUT2D eigenvalue weighted by molar-refractivity contribution is 7.87. The molecular weight excluding hydrogens is 640 g/mol. The average molecular weight is 658 g/mol. The number of nitrogens with zero attached hydrogens (tertiary/aromatic N) is 2. The van der Waals surface area contributed by atoms with E-state index in [1.54, 1.807) is 0 Å². The molecule has 0 fully saturated rings. The number of urea groups is 1. The second-order valence-corrected chi connectivity index (χ2v) is 12.8. The van der Waals surface area contributed by atoms with E-state index in [0.717, 1.165) is 18.2 Å². The molecule has 0 heterocycles. The fourth-order valence-electron chi connectivity index (χ4n) is 3.80. The number of rotatable bonds is 8. The second kappa shape index (κ2) is 11.2. The van der Waals surface area contributed by atoms with Crippen LogP contribution in [-0.2, 0) is 30.4 Å². The van der Waals surface area contributed by atoms with Crippen LogP contribution in [-0.4, -0.2) is 44.9 Å². The summed E-state index contributed by atoms with van der Waals surface area (Å²) in [7, 11) is -15.4. The van der Waals surface area contributed by atoms with Crippen LogP contribution in [0.2, 0.25) is 0 Å². The number of nitrogens with two attached hydrogens (primary N) is 1. The Morgan fingerprint density at radius 3 is 1.86 bits per heavy atom. The standard InChI is InChI=1S/C23H17F2N5O10S3/c24-12-5-13(25)7-15(6-12)27-14-1-2-18(19(8-14)28-23(26)31)29-30-20-10-17-11(4-22(20)43(38,39)40)3-16(41(32,33)34)9-21(17)42(35,36)37/h1-10,27H,(H3,26,28,31)(H,32,33,34)(H,35,36,37)(H,38,39,40). The maximum atomic E-state index is 13.6. The average Bonchev–Trinajstić information content (AvgIpc) is 2.84. The van der Waals surface area contributed by atoms with Crippen molar-refractivity contribution < 1.29 is 52.5 Å². The van der Waals surface area contributed by atoms with Gasteiger partial charge in [0.15, 0.2) is 0 Å². The summed E-state index contributed by atoms with van der Waals surface area (Å²) in [5.41, 5.74) is 4.32. The number of benzene rings is 4. The number of halogens is 2. The Morgan fingerprint density at radius 1 is 0.698 bits per heavy atom. The SMILES string of the molecule is NC(=O)Nc1cc(Nc2cc(F)cc(F)c2)ccc1N=Nc1cc2c(S(=O)(=O)O)cc(S(=O)(=O)O)cc2cc1S(=O)(=O)O. The lowest BCUT2D eigenvalue weighted by atomic mass is 10.1. The smallest absolute Gasteiger partial charge is 0.316 e. The molecule has 2 amide bonds. The fourth-order valence-corrected chi connectivity index (χ4v) is 5.79. The van der Waals surface area contributed by atoms with Crippen LogP contribution >= 0.6 is 0 Å². The summed E-state index contributed by atoms with van der Waals surface area (Å²) >= 11 is 0. The van der Waals surface area contributed by atoms with E-state index in [1.165, 1.54) is 18.2 Å². The second-order valence-electron chi connectivity index (χ2n) is 8.59. The van der Waals surface area contributed by atoms with Gasteiger partial charge in [-0.3, -0.25) is 13.7 Å². The lowest BCUT2D eigenvalue weighted by molar-refractivity contribution is 0.259. The van der Waals surface area contributed by atoms with Crippen LogP contribution in [0, 0.1) is 11.6 Å². The predicted molar refractivity (Wildman–Crippen MR) is 147 cm³/mol. The molecule has 0 atom stereocenters. The first-order valence-electron chi connectivity index (χ1n) is 11.2. The number of hydrogen-bond donors (Lipinski definition) is 6. The maximum absolute atomic E-state index is 13.6. The van der Waals surface area contributed by atoms with Crippen LogP contribution in [0.5, 0.6) is 0 Å². The van der Waals surface area contributed by atoms with Gasteiger partial charge in [0, 0.05) is 22.8 Å². The number of azo groups is 1. The third-order valence-electron chi connectivity index (χ3n) is 5.49. The van der Waals surface area contributed by atoms with E-state index in [-0.39, 0.29) is 22.7 Å². The zero-order chi connectivity index (χ0) is 31.9. The largest absolute Gasteiger partial charge is 0.355 e. The van der Waals surface area contributed by atoms with Crippen molar-refractivity contribution >= 4 is 75.6 Å². The van der Waals surface area contributed by atoms with Gasteiger partial charge in [-0.05, 0) is 60.0 Å². The summed E-state index contributed by atoms with van der Waals surface area (Å²) in [6, 6.07) is 7.73. The van der Waals surface area contributed by atoms with Gasteiger partial charge in [0.2, 0.25) is 0 Å². The Kier molecular flexibility index (Phi) is 8.19. The molecule has 7 N–H and O–H groups in total. The van der Waals surface area contributed by atoms with Crippen LogP contribution in [0.3, 0.4) is 0 Å². The molecular formula is C23H17F2N5O10S3. The van der Waals surface area contributed by atoms with Crippen molar-refractivity contribution in [2.24, 2.45) is 16.0 Å². The third-order valence-corrected chi connectivity index (χ3v) is 8.10. The Balaban J connectivity index is 1.88. The van der Waals surface area contributed by atoms with Crippen molar-refractivity contribution in [3.8, 4) is 0 Å². The van der Waals surface area contributed by atoms with Crippen LogP contribution < -0.4 is 16.4 Å². The number of amides is 2. The summed E-state index contributed by atoms with van der Waals surface area (Å²) < 4.78 is 127. The molecule has 20 heteroatoms. The van der Waals surface area contributed by atoms with Crippen molar-refractivity contribution in [3.05, 3.63) is 72.3 Å². The molecule has 0 unspecified atom stereocenters. The highest BCUT2D eigenvalue weighted by Gasteiger charge is 2.24. The van der Waals surface area contributed by atoms with Gasteiger partial charge >= 0.3 is 6.03 Å². The van der Waals surface area contributed by atoms with E-state index in [2.05, 4.69) is 20.9 Å². The molecule has 4 rings (SSSR count). The lowest BCUT2D eigenvalue weighted by Gasteiger charge is -2.12. The maximum Gasteiger partial charge on any atom is 0.316 e. The molecule has 0 aromatic heterocycles. The molecule has 0 aliphatic carbocycles. The predicted octanol–water partition coefficient (Wildman–Crippen LogP) is 4.51. The zero-order valence-corrected chi connectivity index (χ0v) is 23.4. The first-order valence-corrected chi connectivity index (χ1v) is 15.5. The minimum Gasteiger partial charge on any atom is -0.355 e. The molecule has 0 bridgehead atoms. The van der Waals surface area contributed by atoms with E-state index in [1.807, 2.05) is 0 Å². The number of anilines is 3. The van der Waals surface area contributed by atoms with Crippen LogP contribution in [0.15, 0.2) is 85.6 Å². The van der Waals surface area contributed by atoms with E-state index < -0.39 is 79.2 Å². The number of nitrogens with one attached hydrogen (secondary N) is 2. The highest BCUT2D eigenvalue weighted by atomic mass is 32.2. The third kappa shape index (κ3) is 7.43. The number of fused-ring (bicyclic) bond motifs is 1. The van der Waals surface area contributed by atoms with Crippen molar-refractivity contribution in [3.63, 3.8) is 0 Å². The van der Waals surface area contributed by atoms with E-state index in [9.17, 15) is 52.5 Å². The number of hydrogen-bond acceptors (Lipinski definition) is 10. The van der Waals surface area contributed by atoms with Gasteiger partial charge in [0.1, 0.15) is 32.8 Å². The summed E-state index contributed by atoms with van der Waals surface area (Å²) in [6.45, 7) is 0. The van der Waals surface area contributed by atoms with E-state index >= 15 is 0 Å². The van der Waals surface area contributed by atoms with E-state index in [4.69, 9.17) is 5.73 Å². The topological polar surface area (TPSA) is 255 Å². The highest BCUT2D eigenvalue weighted by Crippen LogP contribution is 2.37. The zero-order valence-electron chi connectivity index (χ0n) is 20.9. The minimum absolute atomic E-state index is 0.00217. The van der Waals surface area contributed by atoms with Crippen molar-refractivity contribution in [2.75, 3.05) is 10.6 Å². The molecule has 0 radical (unpaired) electrons. The summed E-state index contributed by atoms with van der Waals surface area (Å²) in [5.74, 6) is -1.75. The van der Waals surface area contributed by atoms with Gasteiger partial charge < -0.3 is 16.4 Å². The summed E-state index contributed by atoms with van der Waals surface area (Å²) in [5, 5.41) is 11.5. The van der Waals surface area contributed by atoms with Crippen LogP contribution in [0.4, 0.5) is 42.0 Å². The van der Waals surface area contributed by atoms with Gasteiger partial charge in [-0.25, -0.2) is 13.6 Å². The first-order chi connectivity index (χ1) is 19.8. The normalized spacial score (nSPS) is 12.5. The molecule has 43 heavy (non-hydrogen) atoms. The molecule has 15 nitrogen and oxygen atoms in total. The molecule has 0 spiro atoms. The van der Waals surface area contributed by atoms with Gasteiger partial charge in [-0.2, -0.15) is 25.3 Å². The number of primary amides is 1. The molecule has 0 saturated heterocycles. The van der Waals surface area contributed by atoms with Crippen molar-refractivity contribution in [1.82, 2.24) is 0 Å². The number of carbonyl (C=O) groups is 1. The van der Waals surface area contributed by atoms with Gasteiger partial charge in [0.05, 0.1) is 10.6 Å². The Hall–Kier alpha value is -4.60. The molecule has 226 valence electrons. The molecule has 0 aliphatic heterocycles. The van der Waals surface area contributed by atoms with Gasteiger partial charge in [0.25, 0.3) is 30.4 Å². The first kappa shape index (κ1) is 31.3. The van der Waals surface area contributed by atoms with Crippen molar-refractivity contribution in [2.45, 2.75) is 14.7 Å². The van der Waals surface area contributed by atoms with Crippen LogP contribution in [0.1, 0.15) is 0 Å². The van der Waals surface area contributed by atoms with Crippen LogP contribution in [0.25, 0.3) is 10.8 Å². The summed E-state index contributed by atoms with van der Waals surface area (Å²) in [6.07, 6.45) is 0. The Morgan fingerprint density at radius 2 is 1.30 bits per heavy atom. The Labute approximate surface area is 241 Å². The Bertz CT molecular complexity index is 2160. The van der Waals surface area contributed by atoms with Crippen molar-refractivity contribution in [1.29, 1.82) is 0 Å². The lowest BCUT2D eigenvalue weighted by Crippen LogP contribution is -2.19. The molecule has 0 saturated carbocycles. The quantitative estimate of drug-likeness (QED) is 0.113.